The third kappa shape index (κ3) is 3.35. The van der Waals surface area contributed by atoms with Crippen LogP contribution < -0.4 is 4.74 Å². The molecule has 0 amide bonds. The molecule has 0 saturated heterocycles. The van der Waals surface area contributed by atoms with Crippen LogP contribution in [0.2, 0.25) is 0 Å². The first-order valence-electron chi connectivity index (χ1n) is 6.68. The fourth-order valence-corrected chi connectivity index (χ4v) is 2.27. The Morgan fingerprint density at radius 2 is 1.82 bits per heavy atom. The van der Waals surface area contributed by atoms with Gasteiger partial charge in [0.15, 0.2) is 0 Å². The van der Waals surface area contributed by atoms with Gasteiger partial charge in [-0.1, -0.05) is 28.1 Å². The summed E-state index contributed by atoms with van der Waals surface area (Å²) >= 11 is 3.39. The van der Waals surface area contributed by atoms with Gasteiger partial charge < -0.3 is 4.74 Å². The standard InChI is InChI=1S/C17H12BrN3O/c18-15-5-7-16(8-6-15)22-17-20-9-10-21(17)12-14-3-1-13(11-19)2-4-14/h1-10H,12H2. The molecule has 3 rings (SSSR count). The molecule has 0 bridgehead atoms. The molecule has 22 heavy (non-hydrogen) atoms. The molecule has 0 aliphatic heterocycles. The number of ether oxygens (including phenoxy) is 1. The van der Waals surface area contributed by atoms with Crippen LogP contribution in [-0.2, 0) is 6.54 Å². The quantitative estimate of drug-likeness (QED) is 0.700. The summed E-state index contributed by atoms with van der Waals surface area (Å²) < 4.78 is 8.72. The van der Waals surface area contributed by atoms with Gasteiger partial charge in [-0.25, -0.2) is 4.98 Å². The Morgan fingerprint density at radius 3 is 2.50 bits per heavy atom. The number of halogens is 1. The molecule has 0 fully saturated rings. The van der Waals surface area contributed by atoms with Gasteiger partial charge in [0.1, 0.15) is 5.75 Å². The van der Waals surface area contributed by atoms with E-state index in [4.69, 9.17) is 10.00 Å². The van der Waals surface area contributed by atoms with E-state index >= 15 is 0 Å². The highest BCUT2D eigenvalue weighted by Gasteiger charge is 2.06. The number of nitrogens with zero attached hydrogens (tertiary/aromatic N) is 3. The third-order valence-electron chi connectivity index (χ3n) is 3.14. The fourth-order valence-electron chi connectivity index (χ4n) is 2.01. The average Bonchev–Trinajstić information content (AvgIpc) is 2.97. The van der Waals surface area contributed by atoms with Crippen LogP contribution >= 0.6 is 15.9 Å². The molecule has 4 nitrogen and oxygen atoms in total. The van der Waals surface area contributed by atoms with Crippen molar-refractivity contribution in [1.29, 1.82) is 5.26 Å². The smallest absolute Gasteiger partial charge is 0.302 e. The highest BCUT2D eigenvalue weighted by Crippen LogP contribution is 2.22. The van der Waals surface area contributed by atoms with Crippen molar-refractivity contribution >= 4 is 15.9 Å². The summed E-state index contributed by atoms with van der Waals surface area (Å²) in [6.45, 7) is 0.636. The summed E-state index contributed by atoms with van der Waals surface area (Å²) in [7, 11) is 0. The van der Waals surface area contributed by atoms with Crippen molar-refractivity contribution in [2.75, 3.05) is 0 Å². The van der Waals surface area contributed by atoms with Crippen molar-refractivity contribution in [1.82, 2.24) is 9.55 Å². The van der Waals surface area contributed by atoms with Gasteiger partial charge in [-0.15, -0.1) is 0 Å². The molecule has 0 aliphatic carbocycles. The maximum atomic E-state index is 8.82. The Hall–Kier alpha value is -2.58. The van der Waals surface area contributed by atoms with E-state index in [1.165, 1.54) is 0 Å². The molecule has 0 saturated carbocycles. The zero-order valence-corrected chi connectivity index (χ0v) is 13.2. The number of rotatable bonds is 4. The van der Waals surface area contributed by atoms with Gasteiger partial charge >= 0.3 is 6.01 Å². The molecule has 0 radical (unpaired) electrons. The first-order chi connectivity index (χ1) is 10.7. The predicted octanol–water partition coefficient (Wildman–Crippen LogP) is 4.36. The number of hydrogen-bond acceptors (Lipinski definition) is 3. The first-order valence-corrected chi connectivity index (χ1v) is 7.47. The minimum Gasteiger partial charge on any atom is -0.426 e. The Labute approximate surface area is 136 Å². The Balaban J connectivity index is 1.76. The lowest BCUT2D eigenvalue weighted by Crippen LogP contribution is -2.01. The second kappa shape index (κ2) is 6.46. The molecule has 2 aromatic carbocycles. The van der Waals surface area contributed by atoms with Gasteiger partial charge in [-0.2, -0.15) is 5.26 Å². The first kappa shape index (κ1) is 14.4. The summed E-state index contributed by atoms with van der Waals surface area (Å²) in [5, 5.41) is 8.82. The Kier molecular flexibility index (Phi) is 4.22. The second-order valence-electron chi connectivity index (χ2n) is 4.70. The van der Waals surface area contributed by atoms with Crippen LogP contribution in [0.15, 0.2) is 65.4 Å². The SMILES string of the molecule is N#Cc1ccc(Cn2ccnc2Oc2ccc(Br)cc2)cc1. The van der Waals surface area contributed by atoms with Gasteiger partial charge in [0.05, 0.1) is 18.2 Å². The van der Waals surface area contributed by atoms with Crippen LogP contribution in [0.3, 0.4) is 0 Å². The number of imidazole rings is 1. The fraction of sp³-hybridized carbons (Fsp3) is 0.0588. The highest BCUT2D eigenvalue weighted by molar-refractivity contribution is 9.10. The highest BCUT2D eigenvalue weighted by atomic mass is 79.9. The molecular formula is C17H12BrN3O. The van der Waals surface area contributed by atoms with E-state index in [1.807, 2.05) is 59.3 Å². The zero-order chi connectivity index (χ0) is 15.4. The number of benzene rings is 2. The molecule has 1 heterocycles. The molecule has 108 valence electrons. The van der Waals surface area contributed by atoms with Gasteiger partial charge in [-0.05, 0) is 42.0 Å². The van der Waals surface area contributed by atoms with Crippen molar-refractivity contribution in [3.05, 3.63) is 76.5 Å². The minimum absolute atomic E-state index is 0.534. The minimum atomic E-state index is 0.534. The van der Waals surface area contributed by atoms with Crippen molar-refractivity contribution in [3.63, 3.8) is 0 Å². The molecule has 5 heteroatoms. The number of nitriles is 1. The predicted molar refractivity (Wildman–Crippen MR) is 86.7 cm³/mol. The number of aromatic nitrogens is 2. The lowest BCUT2D eigenvalue weighted by molar-refractivity contribution is 0.418. The third-order valence-corrected chi connectivity index (χ3v) is 3.66. The molecule has 1 aromatic heterocycles. The summed E-state index contributed by atoms with van der Waals surface area (Å²) in [6, 6.07) is 17.7. The monoisotopic (exact) mass is 353 g/mol. The molecule has 0 spiro atoms. The van der Waals surface area contributed by atoms with E-state index in [1.54, 1.807) is 6.20 Å². The molecule has 0 unspecified atom stereocenters. The van der Waals surface area contributed by atoms with Crippen LogP contribution in [0.1, 0.15) is 11.1 Å². The van der Waals surface area contributed by atoms with Crippen LogP contribution in [0.25, 0.3) is 0 Å². The van der Waals surface area contributed by atoms with E-state index in [2.05, 4.69) is 27.0 Å². The zero-order valence-electron chi connectivity index (χ0n) is 11.6. The van der Waals surface area contributed by atoms with E-state index in [0.717, 1.165) is 15.8 Å². The van der Waals surface area contributed by atoms with Crippen LogP contribution in [0.5, 0.6) is 11.8 Å². The van der Waals surface area contributed by atoms with Gasteiger partial charge in [0.2, 0.25) is 0 Å². The maximum Gasteiger partial charge on any atom is 0.302 e. The topological polar surface area (TPSA) is 50.8 Å². The average molecular weight is 354 g/mol. The van der Waals surface area contributed by atoms with E-state index in [0.29, 0.717) is 18.1 Å². The second-order valence-corrected chi connectivity index (χ2v) is 5.62. The van der Waals surface area contributed by atoms with Gasteiger partial charge in [0.25, 0.3) is 0 Å². The van der Waals surface area contributed by atoms with E-state index in [-0.39, 0.29) is 0 Å². The molecule has 0 aliphatic rings. The molecular weight excluding hydrogens is 342 g/mol. The van der Waals surface area contributed by atoms with Gasteiger partial charge in [-0.3, -0.25) is 4.57 Å². The summed E-state index contributed by atoms with van der Waals surface area (Å²) in [5.74, 6) is 0.732. The van der Waals surface area contributed by atoms with Crippen LogP contribution in [0.4, 0.5) is 0 Å². The van der Waals surface area contributed by atoms with Crippen LogP contribution in [-0.4, -0.2) is 9.55 Å². The summed E-state index contributed by atoms with van der Waals surface area (Å²) in [5.41, 5.74) is 1.73. The Bertz CT molecular complexity index is 801. The lowest BCUT2D eigenvalue weighted by atomic mass is 10.1. The molecule has 0 atom stereocenters. The number of hydrogen-bond donors (Lipinski definition) is 0. The van der Waals surface area contributed by atoms with Crippen molar-refractivity contribution in [3.8, 4) is 17.8 Å². The van der Waals surface area contributed by atoms with Crippen molar-refractivity contribution in [2.24, 2.45) is 0 Å². The largest absolute Gasteiger partial charge is 0.426 e. The molecule has 3 aromatic rings. The van der Waals surface area contributed by atoms with Gasteiger partial charge in [0, 0.05) is 16.9 Å². The van der Waals surface area contributed by atoms with E-state index in [9.17, 15) is 0 Å². The van der Waals surface area contributed by atoms with Crippen molar-refractivity contribution in [2.45, 2.75) is 6.54 Å². The van der Waals surface area contributed by atoms with E-state index < -0.39 is 0 Å². The van der Waals surface area contributed by atoms with Crippen LogP contribution in [0, 0.1) is 11.3 Å². The molecule has 0 N–H and O–H groups in total. The maximum absolute atomic E-state index is 8.82. The Morgan fingerprint density at radius 1 is 1.09 bits per heavy atom. The normalized spacial score (nSPS) is 10.2. The van der Waals surface area contributed by atoms with Crippen molar-refractivity contribution < 1.29 is 4.74 Å². The summed E-state index contributed by atoms with van der Waals surface area (Å²) in [6.07, 6.45) is 3.57. The summed E-state index contributed by atoms with van der Waals surface area (Å²) in [4.78, 5) is 4.24. The lowest BCUT2D eigenvalue weighted by Gasteiger charge is -2.09.